The highest BCUT2D eigenvalue weighted by Crippen LogP contribution is 2.20. The summed E-state index contributed by atoms with van der Waals surface area (Å²) in [6.45, 7) is 5.96. The maximum atomic E-state index is 13.8. The summed E-state index contributed by atoms with van der Waals surface area (Å²) in [5.74, 6) is 0.775. The number of halogens is 1. The highest BCUT2D eigenvalue weighted by Gasteiger charge is 2.23. The van der Waals surface area contributed by atoms with Gasteiger partial charge in [-0.1, -0.05) is 13.0 Å². The van der Waals surface area contributed by atoms with Crippen LogP contribution in [0.3, 0.4) is 0 Å². The summed E-state index contributed by atoms with van der Waals surface area (Å²) < 4.78 is 13.8. The third-order valence-electron chi connectivity index (χ3n) is 5.49. The summed E-state index contributed by atoms with van der Waals surface area (Å²) in [5, 5.41) is 0. The van der Waals surface area contributed by atoms with E-state index in [0.717, 1.165) is 17.1 Å². The van der Waals surface area contributed by atoms with Crippen molar-refractivity contribution in [2.75, 3.05) is 31.1 Å². The summed E-state index contributed by atoms with van der Waals surface area (Å²) in [7, 11) is 0. The van der Waals surface area contributed by atoms with E-state index < -0.39 is 0 Å². The number of rotatable bonds is 4. The second kappa shape index (κ2) is 8.67. The zero-order valence-electron chi connectivity index (χ0n) is 17.6. The molecule has 0 aliphatic carbocycles. The van der Waals surface area contributed by atoms with Gasteiger partial charge in [0.25, 0.3) is 11.5 Å². The molecule has 1 aliphatic rings. The lowest BCUT2D eigenvalue weighted by Crippen LogP contribution is -2.49. The maximum Gasteiger partial charge on any atom is 0.254 e. The number of aryl methyl sites for hydroxylation is 2. The van der Waals surface area contributed by atoms with E-state index in [0.29, 0.717) is 49.6 Å². The van der Waals surface area contributed by atoms with Crippen LogP contribution in [0.2, 0.25) is 0 Å². The van der Waals surface area contributed by atoms with E-state index in [1.165, 1.54) is 12.1 Å². The predicted molar refractivity (Wildman–Crippen MR) is 117 cm³/mol. The monoisotopic (exact) mass is 421 g/mol. The van der Waals surface area contributed by atoms with E-state index in [1.54, 1.807) is 30.2 Å². The third-order valence-corrected chi connectivity index (χ3v) is 5.49. The van der Waals surface area contributed by atoms with Crippen LogP contribution in [-0.2, 0) is 6.42 Å². The first-order valence-corrected chi connectivity index (χ1v) is 10.3. The van der Waals surface area contributed by atoms with Gasteiger partial charge >= 0.3 is 0 Å². The SMILES string of the molecule is CCc1cc(=O)[nH]c(-c2ccc(N3CCN(C(=O)c4ccc(C)c(F)c4)CC3)nc2)n1. The van der Waals surface area contributed by atoms with Gasteiger partial charge in [0.1, 0.15) is 17.5 Å². The van der Waals surface area contributed by atoms with E-state index in [-0.39, 0.29) is 17.3 Å². The van der Waals surface area contributed by atoms with Crippen molar-refractivity contribution in [1.29, 1.82) is 0 Å². The standard InChI is InChI=1S/C23H24FN5O2/c1-3-18-13-21(30)27-22(26-18)17-6-7-20(25-14-17)28-8-10-29(11-9-28)23(31)16-5-4-15(2)19(24)12-16/h4-7,12-14H,3,8-11H2,1-2H3,(H,26,27,30). The zero-order chi connectivity index (χ0) is 22.0. The largest absolute Gasteiger partial charge is 0.353 e. The lowest BCUT2D eigenvalue weighted by atomic mass is 10.1. The molecule has 3 heterocycles. The molecule has 1 N–H and O–H groups in total. The number of aromatic nitrogens is 3. The van der Waals surface area contributed by atoms with Gasteiger partial charge in [-0.3, -0.25) is 9.59 Å². The molecule has 1 fully saturated rings. The van der Waals surface area contributed by atoms with Crippen LogP contribution in [0.25, 0.3) is 11.4 Å². The fourth-order valence-corrected chi connectivity index (χ4v) is 3.59. The Hall–Kier alpha value is -3.55. The third kappa shape index (κ3) is 4.47. The van der Waals surface area contributed by atoms with Crippen LogP contribution in [0.5, 0.6) is 0 Å². The summed E-state index contributed by atoms with van der Waals surface area (Å²) in [6, 6.07) is 9.86. The molecule has 1 aliphatic heterocycles. The average molecular weight is 421 g/mol. The number of aromatic amines is 1. The van der Waals surface area contributed by atoms with E-state index in [1.807, 2.05) is 19.1 Å². The van der Waals surface area contributed by atoms with E-state index in [2.05, 4.69) is 19.9 Å². The van der Waals surface area contributed by atoms with Crippen molar-refractivity contribution < 1.29 is 9.18 Å². The van der Waals surface area contributed by atoms with Gasteiger partial charge in [-0.25, -0.2) is 14.4 Å². The molecule has 1 amide bonds. The molecule has 7 nitrogen and oxygen atoms in total. The Balaban J connectivity index is 1.42. The molecule has 0 spiro atoms. The number of nitrogens with one attached hydrogen (secondary N) is 1. The molecule has 160 valence electrons. The lowest BCUT2D eigenvalue weighted by Gasteiger charge is -2.35. The van der Waals surface area contributed by atoms with E-state index >= 15 is 0 Å². The Morgan fingerprint density at radius 3 is 2.55 bits per heavy atom. The molecular weight excluding hydrogens is 397 g/mol. The van der Waals surface area contributed by atoms with Crippen molar-refractivity contribution in [2.45, 2.75) is 20.3 Å². The predicted octanol–water partition coefficient (Wildman–Crippen LogP) is 2.80. The molecule has 0 radical (unpaired) electrons. The lowest BCUT2D eigenvalue weighted by molar-refractivity contribution is 0.0746. The number of anilines is 1. The van der Waals surface area contributed by atoms with E-state index in [4.69, 9.17) is 0 Å². The van der Waals surface area contributed by atoms with Gasteiger partial charge in [0.2, 0.25) is 0 Å². The second-order valence-electron chi connectivity index (χ2n) is 7.59. The molecule has 3 aromatic rings. The van der Waals surface area contributed by atoms with Gasteiger partial charge in [0, 0.05) is 55.3 Å². The molecular formula is C23H24FN5O2. The Labute approximate surface area is 179 Å². The number of hydrogen-bond acceptors (Lipinski definition) is 5. The van der Waals surface area contributed by atoms with Gasteiger partial charge < -0.3 is 14.8 Å². The Morgan fingerprint density at radius 2 is 1.90 bits per heavy atom. The van der Waals surface area contributed by atoms with Crippen LogP contribution in [-0.4, -0.2) is 51.9 Å². The van der Waals surface area contributed by atoms with Crippen molar-refractivity contribution in [3.8, 4) is 11.4 Å². The minimum absolute atomic E-state index is 0.160. The zero-order valence-corrected chi connectivity index (χ0v) is 17.6. The van der Waals surface area contributed by atoms with Crippen molar-refractivity contribution in [3.63, 3.8) is 0 Å². The minimum Gasteiger partial charge on any atom is -0.353 e. The molecule has 2 aromatic heterocycles. The topological polar surface area (TPSA) is 82.2 Å². The fourth-order valence-electron chi connectivity index (χ4n) is 3.59. The van der Waals surface area contributed by atoms with Gasteiger partial charge in [-0.05, 0) is 43.2 Å². The smallest absolute Gasteiger partial charge is 0.254 e. The summed E-state index contributed by atoms with van der Waals surface area (Å²) in [5.41, 5.74) is 2.19. The fraction of sp³-hybridized carbons (Fsp3) is 0.304. The number of nitrogens with zero attached hydrogens (tertiary/aromatic N) is 4. The Bertz CT molecular complexity index is 1150. The first-order valence-electron chi connectivity index (χ1n) is 10.3. The number of pyridine rings is 1. The summed E-state index contributed by atoms with van der Waals surface area (Å²) in [4.78, 5) is 40.0. The quantitative estimate of drug-likeness (QED) is 0.701. The van der Waals surface area contributed by atoms with Crippen LogP contribution in [0.15, 0.2) is 47.4 Å². The number of H-pyrrole nitrogens is 1. The molecule has 4 rings (SSSR count). The molecule has 0 saturated carbocycles. The Kier molecular flexibility index (Phi) is 5.79. The van der Waals surface area contributed by atoms with Gasteiger partial charge in [-0.15, -0.1) is 0 Å². The molecule has 0 unspecified atom stereocenters. The highest BCUT2D eigenvalue weighted by atomic mass is 19.1. The second-order valence-corrected chi connectivity index (χ2v) is 7.59. The molecule has 8 heteroatoms. The van der Waals surface area contributed by atoms with E-state index in [9.17, 15) is 14.0 Å². The summed E-state index contributed by atoms with van der Waals surface area (Å²) >= 11 is 0. The number of carbonyl (C=O) groups is 1. The average Bonchev–Trinajstić information content (AvgIpc) is 2.80. The molecule has 31 heavy (non-hydrogen) atoms. The van der Waals surface area contributed by atoms with Gasteiger partial charge in [0.05, 0.1) is 0 Å². The first kappa shape index (κ1) is 20.7. The molecule has 1 saturated heterocycles. The van der Waals surface area contributed by atoms with Crippen LogP contribution in [0.1, 0.15) is 28.5 Å². The number of hydrogen-bond donors (Lipinski definition) is 1. The molecule has 0 atom stereocenters. The van der Waals surface area contributed by atoms with Crippen molar-refractivity contribution in [3.05, 3.63) is 75.6 Å². The molecule has 1 aromatic carbocycles. The van der Waals surface area contributed by atoms with Crippen molar-refractivity contribution in [2.24, 2.45) is 0 Å². The number of carbonyl (C=O) groups excluding carboxylic acids is 1. The van der Waals surface area contributed by atoms with Crippen molar-refractivity contribution in [1.82, 2.24) is 19.9 Å². The van der Waals surface area contributed by atoms with Crippen LogP contribution in [0, 0.1) is 12.7 Å². The number of benzene rings is 1. The van der Waals surface area contributed by atoms with Gasteiger partial charge in [-0.2, -0.15) is 0 Å². The van der Waals surface area contributed by atoms with Crippen LogP contribution < -0.4 is 10.5 Å². The number of piperazine rings is 1. The highest BCUT2D eigenvalue weighted by molar-refractivity contribution is 5.94. The minimum atomic E-state index is -0.367. The number of amides is 1. The normalized spacial score (nSPS) is 14.0. The Morgan fingerprint density at radius 1 is 1.13 bits per heavy atom. The van der Waals surface area contributed by atoms with Gasteiger partial charge in [0.15, 0.2) is 0 Å². The van der Waals surface area contributed by atoms with Crippen LogP contribution in [0.4, 0.5) is 10.2 Å². The molecule has 0 bridgehead atoms. The van der Waals surface area contributed by atoms with Crippen molar-refractivity contribution >= 4 is 11.7 Å². The maximum absolute atomic E-state index is 13.8. The summed E-state index contributed by atoms with van der Waals surface area (Å²) in [6.07, 6.45) is 2.38. The first-order chi connectivity index (χ1) is 14.9. The van der Waals surface area contributed by atoms with Crippen LogP contribution >= 0.6 is 0 Å².